The third-order valence-electron chi connectivity index (χ3n) is 1.51. The van der Waals surface area contributed by atoms with E-state index in [1.54, 1.807) is 12.3 Å². The molecule has 0 fully saturated rings. The van der Waals surface area contributed by atoms with Crippen LogP contribution in [0.25, 0.3) is 0 Å². The lowest BCUT2D eigenvalue weighted by Gasteiger charge is -1.98. The second kappa shape index (κ2) is 3.93. The largest absolute Gasteiger partial charge is 0.335 e. The number of hydrogen-bond acceptors (Lipinski definition) is 5. The molecule has 0 aliphatic rings. The third kappa shape index (κ3) is 1.75. The number of pyridine rings is 1. The first-order chi connectivity index (χ1) is 6.60. The first kappa shape index (κ1) is 10.3. The van der Waals surface area contributed by atoms with Crippen molar-refractivity contribution in [1.82, 2.24) is 4.98 Å². The summed E-state index contributed by atoms with van der Waals surface area (Å²) in [4.78, 5) is 22.9. The van der Waals surface area contributed by atoms with Crippen molar-refractivity contribution in [2.75, 3.05) is 6.26 Å². The smallest absolute Gasteiger partial charge is 0.310 e. The predicted molar refractivity (Wildman–Crippen MR) is 50.2 cm³/mol. The zero-order valence-electron chi connectivity index (χ0n) is 7.10. The zero-order valence-corrected chi connectivity index (χ0v) is 7.92. The van der Waals surface area contributed by atoms with Crippen LogP contribution in [0.2, 0.25) is 0 Å². The molecular formula is C7H5N3O3S. The fraction of sp³-hybridized carbons (Fsp3) is 0.143. The van der Waals surface area contributed by atoms with E-state index in [9.17, 15) is 14.9 Å². The topological polar surface area (TPSA) is 99.8 Å². The molecule has 1 N–H and O–H groups in total. The number of hydrogen-bond donors (Lipinski definition) is 1. The van der Waals surface area contributed by atoms with Gasteiger partial charge in [0.25, 0.3) is 0 Å². The third-order valence-corrected chi connectivity index (χ3v) is 2.24. The van der Waals surface area contributed by atoms with Crippen LogP contribution in [-0.4, -0.2) is 16.2 Å². The number of aromatic nitrogens is 1. The van der Waals surface area contributed by atoms with E-state index in [2.05, 4.69) is 4.98 Å². The van der Waals surface area contributed by atoms with Crippen molar-refractivity contribution in [3.8, 4) is 6.07 Å². The molecule has 0 saturated carbocycles. The summed E-state index contributed by atoms with van der Waals surface area (Å²) < 4.78 is 0. The van der Waals surface area contributed by atoms with Crippen LogP contribution in [0.15, 0.2) is 15.9 Å². The van der Waals surface area contributed by atoms with Crippen molar-refractivity contribution in [3.63, 3.8) is 0 Å². The van der Waals surface area contributed by atoms with Gasteiger partial charge in [0.15, 0.2) is 0 Å². The lowest BCUT2D eigenvalue weighted by atomic mass is 10.3. The van der Waals surface area contributed by atoms with E-state index in [4.69, 9.17) is 5.26 Å². The normalized spacial score (nSPS) is 9.43. The van der Waals surface area contributed by atoms with Crippen molar-refractivity contribution >= 4 is 17.4 Å². The van der Waals surface area contributed by atoms with Crippen molar-refractivity contribution < 1.29 is 4.92 Å². The highest BCUT2D eigenvalue weighted by molar-refractivity contribution is 7.98. The minimum atomic E-state index is -0.816. The molecule has 0 aromatic carbocycles. The van der Waals surface area contributed by atoms with Crippen LogP contribution < -0.4 is 5.56 Å². The van der Waals surface area contributed by atoms with Gasteiger partial charge in [-0.1, -0.05) is 0 Å². The van der Waals surface area contributed by atoms with Crippen molar-refractivity contribution in [2.45, 2.75) is 5.03 Å². The molecule has 1 rings (SSSR count). The average Bonchev–Trinajstić information content (AvgIpc) is 2.16. The van der Waals surface area contributed by atoms with Gasteiger partial charge in [0.05, 0.1) is 15.5 Å². The SMILES string of the molecule is CSc1[nH]c(=O)c([N+](=O)[O-])cc1C#N. The minimum Gasteiger partial charge on any atom is -0.310 e. The maximum atomic E-state index is 11.1. The highest BCUT2D eigenvalue weighted by atomic mass is 32.2. The number of rotatable bonds is 2. The monoisotopic (exact) mass is 211 g/mol. The van der Waals surface area contributed by atoms with Gasteiger partial charge in [-0.3, -0.25) is 14.9 Å². The lowest BCUT2D eigenvalue weighted by molar-refractivity contribution is -0.386. The molecule has 1 aromatic heterocycles. The fourth-order valence-electron chi connectivity index (χ4n) is 0.882. The number of nitriles is 1. The summed E-state index contributed by atoms with van der Waals surface area (Å²) in [7, 11) is 0. The Morgan fingerprint density at radius 1 is 1.71 bits per heavy atom. The molecule has 7 heteroatoms. The Bertz CT molecular complexity index is 474. The number of nitrogens with one attached hydrogen (secondary N) is 1. The molecule has 0 aliphatic carbocycles. The van der Waals surface area contributed by atoms with Crippen LogP contribution in [0.5, 0.6) is 0 Å². The van der Waals surface area contributed by atoms with Crippen LogP contribution in [-0.2, 0) is 0 Å². The van der Waals surface area contributed by atoms with Gasteiger partial charge < -0.3 is 4.98 Å². The molecule has 0 amide bonds. The molecule has 14 heavy (non-hydrogen) atoms. The first-order valence-corrected chi connectivity index (χ1v) is 4.68. The van der Waals surface area contributed by atoms with Gasteiger partial charge in [-0.25, -0.2) is 0 Å². The molecule has 0 radical (unpaired) electrons. The van der Waals surface area contributed by atoms with E-state index in [0.29, 0.717) is 5.03 Å². The standard InChI is InChI=1S/C7H5N3O3S/c1-14-7-4(3-8)2-5(10(12)13)6(11)9-7/h2H,1H3,(H,9,11). The molecule has 0 unspecified atom stereocenters. The Morgan fingerprint density at radius 3 is 2.79 bits per heavy atom. The molecule has 72 valence electrons. The summed E-state index contributed by atoms with van der Waals surface area (Å²) in [6, 6.07) is 2.75. The first-order valence-electron chi connectivity index (χ1n) is 3.46. The molecule has 0 atom stereocenters. The van der Waals surface area contributed by atoms with Gasteiger partial charge in [-0.05, 0) is 6.26 Å². The van der Waals surface area contributed by atoms with E-state index >= 15 is 0 Å². The predicted octanol–water partition coefficient (Wildman–Crippen LogP) is 0.877. The van der Waals surface area contributed by atoms with E-state index in [1.807, 2.05) is 0 Å². The Balaban J connectivity index is 3.48. The van der Waals surface area contributed by atoms with Crippen LogP contribution in [0, 0.1) is 21.4 Å². The average molecular weight is 211 g/mol. The molecule has 0 bridgehead atoms. The Hall–Kier alpha value is -1.81. The molecule has 1 heterocycles. The quantitative estimate of drug-likeness (QED) is 0.444. The van der Waals surface area contributed by atoms with Crippen LogP contribution >= 0.6 is 11.8 Å². The van der Waals surface area contributed by atoms with Gasteiger partial charge in [-0.15, -0.1) is 11.8 Å². The summed E-state index contributed by atoms with van der Waals surface area (Å²) >= 11 is 1.15. The summed E-state index contributed by atoms with van der Waals surface area (Å²) in [5.41, 5.74) is -1.30. The molecule has 1 aromatic rings. The Labute approximate surface area is 82.7 Å². The minimum absolute atomic E-state index is 0.101. The van der Waals surface area contributed by atoms with Crippen molar-refractivity contribution in [2.24, 2.45) is 0 Å². The molecule has 6 nitrogen and oxygen atoms in total. The number of H-pyrrole nitrogens is 1. The molecule has 0 saturated heterocycles. The molecule has 0 spiro atoms. The summed E-state index contributed by atoms with van der Waals surface area (Å²) in [5.74, 6) is 0. The van der Waals surface area contributed by atoms with E-state index in [-0.39, 0.29) is 5.56 Å². The lowest BCUT2D eigenvalue weighted by Crippen LogP contribution is -2.12. The van der Waals surface area contributed by atoms with E-state index in [1.165, 1.54) is 0 Å². The second-order valence-corrected chi connectivity index (χ2v) is 3.12. The number of nitrogens with zero attached hydrogens (tertiary/aromatic N) is 2. The van der Waals surface area contributed by atoms with Gasteiger partial charge in [0.1, 0.15) is 6.07 Å². The summed E-state index contributed by atoms with van der Waals surface area (Å²) in [5, 5.41) is 19.3. The highest BCUT2D eigenvalue weighted by Gasteiger charge is 2.15. The van der Waals surface area contributed by atoms with E-state index < -0.39 is 16.2 Å². The van der Waals surface area contributed by atoms with Gasteiger partial charge in [-0.2, -0.15) is 5.26 Å². The molecule has 0 aliphatic heterocycles. The van der Waals surface area contributed by atoms with E-state index in [0.717, 1.165) is 17.8 Å². The maximum absolute atomic E-state index is 11.1. The second-order valence-electron chi connectivity index (χ2n) is 2.30. The fourth-order valence-corrected chi connectivity index (χ4v) is 1.40. The molecular weight excluding hydrogens is 206 g/mol. The highest BCUT2D eigenvalue weighted by Crippen LogP contribution is 2.17. The van der Waals surface area contributed by atoms with Crippen LogP contribution in [0.1, 0.15) is 5.56 Å². The van der Waals surface area contributed by atoms with Gasteiger partial charge in [0.2, 0.25) is 0 Å². The number of thioether (sulfide) groups is 1. The maximum Gasteiger partial charge on any atom is 0.335 e. The van der Waals surface area contributed by atoms with Crippen molar-refractivity contribution in [1.29, 1.82) is 5.26 Å². The van der Waals surface area contributed by atoms with Gasteiger partial charge in [0, 0.05) is 6.07 Å². The Kier molecular flexibility index (Phi) is 2.89. The number of aromatic amines is 1. The summed E-state index contributed by atoms with van der Waals surface area (Å²) in [6.07, 6.45) is 1.66. The van der Waals surface area contributed by atoms with Crippen LogP contribution in [0.3, 0.4) is 0 Å². The Morgan fingerprint density at radius 2 is 2.36 bits per heavy atom. The van der Waals surface area contributed by atoms with Gasteiger partial charge >= 0.3 is 11.2 Å². The number of nitro groups is 1. The van der Waals surface area contributed by atoms with Crippen molar-refractivity contribution in [3.05, 3.63) is 32.1 Å². The zero-order chi connectivity index (χ0) is 10.7. The van der Waals surface area contributed by atoms with Crippen LogP contribution in [0.4, 0.5) is 5.69 Å². The summed E-state index contributed by atoms with van der Waals surface area (Å²) in [6.45, 7) is 0.